The Hall–Kier alpha value is -0.980. The summed E-state index contributed by atoms with van der Waals surface area (Å²) in [5.41, 5.74) is 5.92. The first-order valence-corrected chi connectivity index (χ1v) is 6.74. The lowest BCUT2D eigenvalue weighted by Gasteiger charge is -2.17. The fourth-order valence-electron chi connectivity index (χ4n) is 1.47. The number of hydrogen-bond acceptors (Lipinski definition) is 5. The largest absolute Gasteiger partial charge is 0.349 e. The summed E-state index contributed by atoms with van der Waals surface area (Å²) >= 11 is 1.42. The van der Waals surface area contributed by atoms with Crippen LogP contribution in [0.15, 0.2) is 5.38 Å². The molecule has 0 spiro atoms. The predicted octanol–water partition coefficient (Wildman–Crippen LogP) is 0.673. The highest BCUT2D eigenvalue weighted by atomic mass is 32.1. The van der Waals surface area contributed by atoms with Gasteiger partial charge >= 0.3 is 0 Å². The van der Waals surface area contributed by atoms with Gasteiger partial charge in [-0.2, -0.15) is 0 Å². The minimum Gasteiger partial charge on any atom is -0.349 e. The van der Waals surface area contributed by atoms with Gasteiger partial charge in [0.25, 0.3) is 5.91 Å². The molecule has 0 saturated carbocycles. The average molecular weight is 256 g/mol. The Balaban J connectivity index is 2.34. The zero-order chi connectivity index (χ0) is 12.7. The van der Waals surface area contributed by atoms with Crippen LogP contribution >= 0.6 is 11.3 Å². The SMILES string of the molecule is CCN(CC)CCNC(=O)c1csc(CN)n1. The fourth-order valence-corrected chi connectivity index (χ4v) is 2.12. The summed E-state index contributed by atoms with van der Waals surface area (Å²) in [6.45, 7) is 8.12. The number of nitrogens with zero attached hydrogens (tertiary/aromatic N) is 2. The number of aromatic nitrogens is 1. The molecule has 0 radical (unpaired) electrons. The maximum atomic E-state index is 11.7. The third-order valence-electron chi connectivity index (χ3n) is 2.57. The summed E-state index contributed by atoms with van der Waals surface area (Å²) in [5, 5.41) is 5.39. The molecular weight excluding hydrogens is 236 g/mol. The van der Waals surface area contributed by atoms with Gasteiger partial charge in [-0.05, 0) is 13.1 Å². The maximum absolute atomic E-state index is 11.7. The Labute approximate surface area is 106 Å². The standard InChI is InChI=1S/C11H20N4OS/c1-3-15(4-2)6-5-13-11(16)9-8-17-10(7-12)14-9/h8H,3-7,12H2,1-2H3,(H,13,16). The van der Waals surface area contributed by atoms with E-state index in [4.69, 9.17) is 5.73 Å². The first-order chi connectivity index (χ1) is 8.21. The molecule has 1 aromatic heterocycles. The molecule has 1 amide bonds. The lowest BCUT2D eigenvalue weighted by Crippen LogP contribution is -2.34. The Morgan fingerprint density at radius 2 is 2.24 bits per heavy atom. The summed E-state index contributed by atoms with van der Waals surface area (Å²) in [7, 11) is 0. The minimum absolute atomic E-state index is 0.117. The van der Waals surface area contributed by atoms with Gasteiger partial charge in [-0.3, -0.25) is 4.79 Å². The summed E-state index contributed by atoms with van der Waals surface area (Å²) in [6.07, 6.45) is 0. The molecule has 0 aliphatic carbocycles. The molecule has 1 rings (SSSR count). The van der Waals surface area contributed by atoms with E-state index >= 15 is 0 Å². The van der Waals surface area contributed by atoms with Crippen molar-refractivity contribution in [3.63, 3.8) is 0 Å². The van der Waals surface area contributed by atoms with Gasteiger partial charge in [0.05, 0.1) is 0 Å². The Kier molecular flexibility index (Phi) is 6.10. The van der Waals surface area contributed by atoms with Crippen molar-refractivity contribution in [3.8, 4) is 0 Å². The Morgan fingerprint density at radius 3 is 2.76 bits per heavy atom. The molecule has 5 nitrogen and oxygen atoms in total. The smallest absolute Gasteiger partial charge is 0.270 e. The second kappa shape index (κ2) is 7.37. The van der Waals surface area contributed by atoms with Crippen molar-refractivity contribution in [2.45, 2.75) is 20.4 Å². The van der Waals surface area contributed by atoms with Gasteiger partial charge in [0.1, 0.15) is 10.7 Å². The van der Waals surface area contributed by atoms with Crippen molar-refractivity contribution in [2.75, 3.05) is 26.2 Å². The first-order valence-electron chi connectivity index (χ1n) is 5.86. The van der Waals surface area contributed by atoms with Crippen molar-refractivity contribution in [1.29, 1.82) is 0 Å². The van der Waals surface area contributed by atoms with E-state index in [9.17, 15) is 4.79 Å². The van der Waals surface area contributed by atoms with Gasteiger partial charge in [0.15, 0.2) is 0 Å². The molecule has 0 aliphatic rings. The molecule has 3 N–H and O–H groups in total. The summed E-state index contributed by atoms with van der Waals surface area (Å²) < 4.78 is 0. The number of nitrogens with one attached hydrogen (secondary N) is 1. The molecule has 17 heavy (non-hydrogen) atoms. The van der Waals surface area contributed by atoms with Crippen LogP contribution in [-0.4, -0.2) is 42.0 Å². The van der Waals surface area contributed by atoms with Gasteiger partial charge < -0.3 is 16.0 Å². The van der Waals surface area contributed by atoms with Crippen LogP contribution in [-0.2, 0) is 6.54 Å². The molecule has 0 aromatic carbocycles. The number of hydrogen-bond donors (Lipinski definition) is 2. The van der Waals surface area contributed by atoms with Crippen LogP contribution in [0.2, 0.25) is 0 Å². The molecule has 0 atom stereocenters. The third-order valence-corrected chi connectivity index (χ3v) is 3.44. The van der Waals surface area contributed by atoms with E-state index in [0.29, 0.717) is 18.8 Å². The molecule has 96 valence electrons. The lowest BCUT2D eigenvalue weighted by molar-refractivity contribution is 0.0944. The number of nitrogens with two attached hydrogens (primary N) is 1. The zero-order valence-electron chi connectivity index (χ0n) is 10.4. The number of amides is 1. The van der Waals surface area contributed by atoms with E-state index in [1.165, 1.54) is 11.3 Å². The number of rotatable bonds is 7. The van der Waals surface area contributed by atoms with Crippen LogP contribution in [0.5, 0.6) is 0 Å². The average Bonchev–Trinajstić information content (AvgIpc) is 2.83. The highest BCUT2D eigenvalue weighted by Crippen LogP contribution is 2.08. The highest BCUT2D eigenvalue weighted by molar-refractivity contribution is 7.09. The zero-order valence-corrected chi connectivity index (χ0v) is 11.2. The van der Waals surface area contributed by atoms with E-state index in [1.54, 1.807) is 5.38 Å². The second-order valence-corrected chi connectivity index (χ2v) is 4.56. The maximum Gasteiger partial charge on any atom is 0.270 e. The molecule has 0 bridgehead atoms. The van der Waals surface area contributed by atoms with Gasteiger partial charge in [-0.1, -0.05) is 13.8 Å². The first kappa shape index (κ1) is 14.1. The van der Waals surface area contributed by atoms with E-state index in [-0.39, 0.29) is 5.91 Å². The quantitative estimate of drug-likeness (QED) is 0.752. The van der Waals surface area contributed by atoms with Gasteiger partial charge in [-0.25, -0.2) is 4.98 Å². The second-order valence-electron chi connectivity index (χ2n) is 3.61. The molecule has 0 aliphatic heterocycles. The normalized spacial score (nSPS) is 10.8. The van der Waals surface area contributed by atoms with Crippen molar-refractivity contribution in [3.05, 3.63) is 16.1 Å². The predicted molar refractivity (Wildman–Crippen MR) is 70.1 cm³/mol. The third kappa shape index (κ3) is 4.41. The lowest BCUT2D eigenvalue weighted by atomic mass is 10.4. The minimum atomic E-state index is -0.117. The van der Waals surface area contributed by atoms with Crippen LogP contribution in [0.25, 0.3) is 0 Å². The monoisotopic (exact) mass is 256 g/mol. The highest BCUT2D eigenvalue weighted by Gasteiger charge is 2.09. The van der Waals surface area contributed by atoms with Crippen LogP contribution in [0, 0.1) is 0 Å². The van der Waals surface area contributed by atoms with Gasteiger partial charge in [-0.15, -0.1) is 11.3 Å². The number of thiazole rings is 1. The summed E-state index contributed by atoms with van der Waals surface area (Å²) in [6, 6.07) is 0. The van der Waals surface area contributed by atoms with Crippen molar-refractivity contribution in [2.24, 2.45) is 5.73 Å². The molecule has 0 fully saturated rings. The van der Waals surface area contributed by atoms with E-state index < -0.39 is 0 Å². The molecule has 6 heteroatoms. The van der Waals surface area contributed by atoms with Crippen molar-refractivity contribution in [1.82, 2.24) is 15.2 Å². The fraction of sp³-hybridized carbons (Fsp3) is 0.636. The van der Waals surface area contributed by atoms with Crippen molar-refractivity contribution >= 4 is 17.2 Å². The van der Waals surface area contributed by atoms with E-state index in [0.717, 1.165) is 24.6 Å². The number of carbonyl (C=O) groups is 1. The van der Waals surface area contributed by atoms with E-state index in [2.05, 4.69) is 29.0 Å². The summed E-state index contributed by atoms with van der Waals surface area (Å²) in [4.78, 5) is 18.1. The molecule has 0 unspecified atom stereocenters. The Morgan fingerprint density at radius 1 is 1.53 bits per heavy atom. The topological polar surface area (TPSA) is 71.2 Å². The molecule has 1 heterocycles. The van der Waals surface area contributed by atoms with Gasteiger partial charge in [0, 0.05) is 25.0 Å². The molecular formula is C11H20N4OS. The van der Waals surface area contributed by atoms with Crippen LogP contribution in [0.4, 0.5) is 0 Å². The summed E-state index contributed by atoms with van der Waals surface area (Å²) in [5.74, 6) is -0.117. The van der Waals surface area contributed by atoms with Gasteiger partial charge in [0.2, 0.25) is 0 Å². The van der Waals surface area contributed by atoms with Crippen LogP contribution < -0.4 is 11.1 Å². The molecule has 0 saturated heterocycles. The van der Waals surface area contributed by atoms with Crippen LogP contribution in [0.1, 0.15) is 29.3 Å². The Bertz CT molecular complexity index is 349. The number of likely N-dealkylation sites (N-methyl/N-ethyl adjacent to an activating group) is 1. The van der Waals surface area contributed by atoms with Crippen LogP contribution in [0.3, 0.4) is 0 Å². The molecule has 1 aromatic rings. The number of carbonyl (C=O) groups excluding carboxylic acids is 1. The van der Waals surface area contributed by atoms with E-state index in [1.807, 2.05) is 0 Å². The van der Waals surface area contributed by atoms with Crippen molar-refractivity contribution < 1.29 is 4.79 Å².